The van der Waals surface area contributed by atoms with Crippen LogP contribution in [0.2, 0.25) is 0 Å². The molecule has 9 nitrogen and oxygen atoms in total. The van der Waals surface area contributed by atoms with Crippen molar-refractivity contribution in [1.29, 1.82) is 0 Å². The summed E-state index contributed by atoms with van der Waals surface area (Å²) in [6.45, 7) is 6.47. The second-order valence-corrected chi connectivity index (χ2v) is 9.95. The highest BCUT2D eigenvalue weighted by Gasteiger charge is 2.35. The third kappa shape index (κ3) is 5.81. The van der Waals surface area contributed by atoms with E-state index in [0.717, 1.165) is 35.0 Å². The SMILES string of the molecule is Cc1cc(C(C)N2Cc3c(ccnc3NC(=O)C(C)(C)O)C2=O)cnc1N=CC(=CN)C(F)(F)I. The number of nitrogens with two attached hydrogens (primary N) is 1. The third-order valence-corrected chi connectivity index (χ3v) is 6.14. The monoisotopic (exact) mass is 598 g/mol. The average Bonchev–Trinajstić information content (AvgIpc) is 3.10. The van der Waals surface area contributed by atoms with E-state index in [1.807, 2.05) is 6.92 Å². The molecule has 0 spiro atoms. The van der Waals surface area contributed by atoms with Gasteiger partial charge in [-0.2, -0.15) is 8.78 Å². The number of carbonyl (C=O) groups excluding carboxylic acids is 2. The predicted octanol–water partition coefficient (Wildman–Crippen LogP) is 3.78. The number of aliphatic imine (C=N–C) groups is 1. The Labute approximate surface area is 214 Å². The minimum Gasteiger partial charge on any atom is -0.404 e. The number of pyridine rings is 2. The Morgan fingerprint density at radius 3 is 2.66 bits per heavy atom. The van der Waals surface area contributed by atoms with E-state index >= 15 is 0 Å². The number of hydrogen-bond donors (Lipinski definition) is 3. The smallest absolute Gasteiger partial charge is 0.324 e. The first-order valence-corrected chi connectivity index (χ1v) is 11.6. The molecule has 1 atom stereocenters. The molecule has 0 fully saturated rings. The summed E-state index contributed by atoms with van der Waals surface area (Å²) in [5, 5.41) is 12.5. The second-order valence-electron chi connectivity index (χ2n) is 8.59. The Hall–Kier alpha value is -3.00. The minimum absolute atomic E-state index is 0.193. The van der Waals surface area contributed by atoms with E-state index < -0.39 is 27.1 Å². The minimum atomic E-state index is -3.16. The number of aliphatic hydroxyl groups is 1. The molecule has 2 amide bonds. The molecule has 0 saturated carbocycles. The summed E-state index contributed by atoms with van der Waals surface area (Å²) in [6.07, 6.45) is 4.73. The number of aryl methyl sites for hydroxylation is 1. The number of hydrogen-bond acceptors (Lipinski definition) is 7. The number of halogens is 3. The van der Waals surface area contributed by atoms with Crippen LogP contribution in [0.25, 0.3) is 0 Å². The van der Waals surface area contributed by atoms with E-state index in [-0.39, 0.29) is 24.1 Å². The summed E-state index contributed by atoms with van der Waals surface area (Å²) >= 11 is 0.969. The van der Waals surface area contributed by atoms with Gasteiger partial charge in [-0.25, -0.2) is 15.0 Å². The Morgan fingerprint density at radius 2 is 2.09 bits per heavy atom. The van der Waals surface area contributed by atoms with Crippen molar-refractivity contribution in [3.63, 3.8) is 0 Å². The van der Waals surface area contributed by atoms with Crippen LogP contribution < -0.4 is 11.1 Å². The number of fused-ring (bicyclic) bond motifs is 1. The lowest BCUT2D eigenvalue weighted by atomic mass is 10.1. The fourth-order valence-corrected chi connectivity index (χ4v) is 3.72. The van der Waals surface area contributed by atoms with Crippen LogP contribution in [0.15, 0.2) is 41.3 Å². The van der Waals surface area contributed by atoms with Crippen LogP contribution in [0.4, 0.5) is 20.4 Å². The van der Waals surface area contributed by atoms with Gasteiger partial charge in [0.1, 0.15) is 11.4 Å². The number of anilines is 1. The first-order chi connectivity index (χ1) is 16.2. The summed E-state index contributed by atoms with van der Waals surface area (Å²) in [7, 11) is 0. The van der Waals surface area contributed by atoms with E-state index in [0.29, 0.717) is 22.3 Å². The number of allylic oxidation sites excluding steroid dienone is 1. The van der Waals surface area contributed by atoms with Crippen molar-refractivity contribution in [3.8, 4) is 0 Å². The van der Waals surface area contributed by atoms with Crippen molar-refractivity contribution in [2.24, 2.45) is 10.7 Å². The molecule has 12 heteroatoms. The molecule has 1 aliphatic heterocycles. The predicted molar refractivity (Wildman–Crippen MR) is 136 cm³/mol. The summed E-state index contributed by atoms with van der Waals surface area (Å²) in [5.41, 5.74) is 5.51. The standard InChI is InChI=1S/C23H25F2IN6O3/c1-12-7-14(9-29-18(12)30-10-15(8-27)23(24,25)26)13(2)32-11-17-16(20(32)33)5-6-28-19(17)31-21(34)22(3,4)35/h5-10,13,35H,11,27H2,1-4H3,(H,28,31,34). The molecule has 2 aromatic heterocycles. The fourth-order valence-electron chi connectivity index (χ4n) is 3.40. The molecular weight excluding hydrogens is 573 g/mol. The molecule has 0 aliphatic carbocycles. The van der Waals surface area contributed by atoms with Gasteiger partial charge >= 0.3 is 3.93 Å². The highest BCUT2D eigenvalue weighted by molar-refractivity contribution is 14.1. The molecule has 1 unspecified atom stereocenters. The van der Waals surface area contributed by atoms with E-state index in [1.54, 1.807) is 24.0 Å². The van der Waals surface area contributed by atoms with Crippen LogP contribution in [0.3, 0.4) is 0 Å². The average molecular weight is 598 g/mol. The fraction of sp³-hybridized carbons (Fsp3) is 0.348. The summed E-state index contributed by atoms with van der Waals surface area (Å²) in [6, 6.07) is 2.97. The van der Waals surface area contributed by atoms with E-state index in [2.05, 4.69) is 20.3 Å². The van der Waals surface area contributed by atoms with Gasteiger partial charge < -0.3 is 21.1 Å². The molecule has 0 aromatic carbocycles. The number of carbonyl (C=O) groups is 2. The molecule has 1 aliphatic rings. The van der Waals surface area contributed by atoms with Crippen LogP contribution >= 0.6 is 22.6 Å². The van der Waals surface area contributed by atoms with Crippen molar-refractivity contribution in [2.75, 3.05) is 5.32 Å². The zero-order valence-corrected chi connectivity index (χ0v) is 21.7. The van der Waals surface area contributed by atoms with Crippen LogP contribution in [0.5, 0.6) is 0 Å². The van der Waals surface area contributed by atoms with Crippen molar-refractivity contribution < 1.29 is 23.5 Å². The van der Waals surface area contributed by atoms with Gasteiger partial charge in [-0.05, 0) is 51.0 Å². The largest absolute Gasteiger partial charge is 0.404 e. The Bertz CT molecular complexity index is 1220. The number of nitrogens with zero attached hydrogens (tertiary/aromatic N) is 4. The Morgan fingerprint density at radius 1 is 1.40 bits per heavy atom. The molecule has 35 heavy (non-hydrogen) atoms. The van der Waals surface area contributed by atoms with Crippen molar-refractivity contribution >= 4 is 52.3 Å². The number of amides is 2. The lowest BCUT2D eigenvalue weighted by Gasteiger charge is -2.25. The maximum absolute atomic E-state index is 13.5. The highest BCUT2D eigenvalue weighted by Crippen LogP contribution is 2.35. The zero-order chi connectivity index (χ0) is 26.1. The number of aromatic nitrogens is 2. The van der Waals surface area contributed by atoms with Crippen molar-refractivity contribution in [3.05, 3.63) is 58.6 Å². The van der Waals surface area contributed by atoms with Crippen molar-refractivity contribution in [2.45, 2.75) is 49.8 Å². The molecule has 0 bridgehead atoms. The number of alkyl halides is 3. The number of nitrogens with one attached hydrogen (secondary N) is 1. The van der Waals surface area contributed by atoms with Crippen molar-refractivity contribution in [1.82, 2.24) is 14.9 Å². The Balaban J connectivity index is 1.83. The van der Waals surface area contributed by atoms with Crippen LogP contribution in [0.1, 0.15) is 53.9 Å². The van der Waals surface area contributed by atoms with Crippen LogP contribution in [0, 0.1) is 6.92 Å². The summed E-state index contributed by atoms with van der Waals surface area (Å²) in [4.78, 5) is 39.4. The molecular formula is C23H25F2IN6O3. The zero-order valence-electron chi connectivity index (χ0n) is 19.5. The molecule has 3 heterocycles. The second kappa shape index (κ2) is 9.93. The summed E-state index contributed by atoms with van der Waals surface area (Å²) in [5.74, 6) is -0.415. The van der Waals surface area contributed by atoms with Crippen LogP contribution in [-0.4, -0.2) is 47.5 Å². The lowest BCUT2D eigenvalue weighted by molar-refractivity contribution is -0.130. The maximum Gasteiger partial charge on any atom is 0.324 e. The van der Waals surface area contributed by atoms with E-state index in [4.69, 9.17) is 5.73 Å². The van der Waals surface area contributed by atoms with Gasteiger partial charge in [0.15, 0.2) is 5.82 Å². The lowest BCUT2D eigenvalue weighted by Crippen LogP contribution is -2.37. The first kappa shape index (κ1) is 26.6. The third-order valence-electron chi connectivity index (χ3n) is 5.52. The molecule has 4 N–H and O–H groups in total. The van der Waals surface area contributed by atoms with Crippen LogP contribution in [-0.2, 0) is 11.3 Å². The molecule has 186 valence electrons. The van der Waals surface area contributed by atoms with E-state index in [1.165, 1.54) is 26.2 Å². The highest BCUT2D eigenvalue weighted by atomic mass is 127. The quantitative estimate of drug-likeness (QED) is 0.253. The first-order valence-electron chi connectivity index (χ1n) is 10.6. The van der Waals surface area contributed by atoms with Gasteiger partial charge in [0.05, 0.1) is 18.2 Å². The van der Waals surface area contributed by atoms with Gasteiger partial charge in [-0.1, -0.05) is 0 Å². The number of rotatable bonds is 7. The van der Waals surface area contributed by atoms with E-state index in [9.17, 15) is 23.5 Å². The van der Waals surface area contributed by atoms with Gasteiger partial charge in [0.25, 0.3) is 11.8 Å². The maximum atomic E-state index is 13.5. The molecule has 2 aromatic rings. The normalized spacial score (nSPS) is 15.5. The molecule has 0 saturated heterocycles. The molecule has 3 rings (SSSR count). The van der Waals surface area contributed by atoms with Gasteiger partial charge in [0, 0.05) is 58.5 Å². The molecule has 0 radical (unpaired) electrons. The Kier molecular flexibility index (Phi) is 7.55. The van der Waals surface area contributed by atoms with Gasteiger partial charge in [-0.3, -0.25) is 9.59 Å². The summed E-state index contributed by atoms with van der Waals surface area (Å²) < 4.78 is 23.8. The van der Waals surface area contributed by atoms with Gasteiger partial charge in [-0.15, -0.1) is 0 Å². The van der Waals surface area contributed by atoms with Gasteiger partial charge in [0.2, 0.25) is 0 Å². The topological polar surface area (TPSA) is 134 Å².